The summed E-state index contributed by atoms with van der Waals surface area (Å²) in [7, 11) is 0. The van der Waals surface area contributed by atoms with E-state index in [0.29, 0.717) is 5.92 Å². The molecular weight excluding hydrogens is 304 g/mol. The number of fused-ring (bicyclic) bond motifs is 1. The zero-order valence-corrected chi connectivity index (χ0v) is 14.1. The van der Waals surface area contributed by atoms with E-state index in [9.17, 15) is 13.2 Å². The number of hydrogen-bond acceptors (Lipinski definition) is 0. The normalized spacial score (nSPS) is 51.3. The van der Waals surface area contributed by atoms with Crippen molar-refractivity contribution in [1.29, 1.82) is 0 Å². The van der Waals surface area contributed by atoms with Crippen LogP contribution in [0.2, 0.25) is 0 Å². The summed E-state index contributed by atoms with van der Waals surface area (Å²) in [5, 5.41) is 0. The van der Waals surface area contributed by atoms with Gasteiger partial charge in [0.2, 0.25) is 0 Å². The van der Waals surface area contributed by atoms with Crippen molar-refractivity contribution < 1.29 is 17.6 Å². The van der Waals surface area contributed by atoms with E-state index < -0.39 is 24.7 Å². The highest BCUT2D eigenvalue weighted by Crippen LogP contribution is 2.51. The third kappa shape index (κ3) is 3.56. The summed E-state index contributed by atoms with van der Waals surface area (Å²) in [6.45, 7) is 2.20. The molecule has 7 unspecified atom stereocenters. The number of rotatable bonds is 3. The molecule has 0 aromatic heterocycles. The van der Waals surface area contributed by atoms with Crippen LogP contribution in [-0.4, -0.2) is 24.7 Å². The summed E-state index contributed by atoms with van der Waals surface area (Å²) in [4.78, 5) is 0. The summed E-state index contributed by atoms with van der Waals surface area (Å²) in [6.07, 6.45) is 0.807. The molecule has 134 valence electrons. The van der Waals surface area contributed by atoms with E-state index in [1.54, 1.807) is 0 Å². The van der Waals surface area contributed by atoms with Crippen molar-refractivity contribution in [3.05, 3.63) is 0 Å². The van der Waals surface area contributed by atoms with Crippen LogP contribution >= 0.6 is 0 Å². The molecule has 3 fully saturated rings. The van der Waals surface area contributed by atoms with Gasteiger partial charge in [-0.15, -0.1) is 0 Å². The maximum atomic E-state index is 15.1. The van der Waals surface area contributed by atoms with Gasteiger partial charge in [-0.3, -0.25) is 0 Å². The van der Waals surface area contributed by atoms with E-state index in [1.165, 1.54) is 12.8 Å². The molecule has 0 bridgehead atoms. The van der Waals surface area contributed by atoms with Gasteiger partial charge in [0.1, 0.15) is 18.5 Å². The second kappa shape index (κ2) is 7.31. The Kier molecular flexibility index (Phi) is 5.57. The number of hydrogen-bond donors (Lipinski definition) is 0. The van der Waals surface area contributed by atoms with E-state index >= 15 is 4.39 Å². The summed E-state index contributed by atoms with van der Waals surface area (Å²) < 4.78 is 55.8. The maximum Gasteiger partial charge on any atom is 0.162 e. The molecule has 3 aliphatic rings. The van der Waals surface area contributed by atoms with Gasteiger partial charge in [0, 0.05) is 0 Å². The summed E-state index contributed by atoms with van der Waals surface area (Å²) in [5.41, 5.74) is 0. The molecule has 0 spiro atoms. The van der Waals surface area contributed by atoms with Crippen molar-refractivity contribution in [2.45, 2.75) is 89.4 Å². The molecule has 3 saturated carbocycles. The maximum absolute atomic E-state index is 15.1. The minimum Gasteiger partial charge on any atom is -0.247 e. The minimum atomic E-state index is -2.01. The Bertz CT molecular complexity index is 376. The third-order valence-corrected chi connectivity index (χ3v) is 6.89. The van der Waals surface area contributed by atoms with E-state index in [1.807, 2.05) is 0 Å². The summed E-state index contributed by atoms with van der Waals surface area (Å²) in [5.74, 6) is 0.671. The lowest BCUT2D eigenvalue weighted by Crippen LogP contribution is -2.46. The van der Waals surface area contributed by atoms with Gasteiger partial charge in [0.15, 0.2) is 6.17 Å². The SMILES string of the molecule is CCCC1CCC2C(CCC(C3CC(F)C(F)C(F)C3)C2F)C1. The van der Waals surface area contributed by atoms with Crippen molar-refractivity contribution in [1.82, 2.24) is 0 Å². The predicted molar refractivity (Wildman–Crippen MR) is 84.3 cm³/mol. The Balaban J connectivity index is 1.62. The quantitative estimate of drug-likeness (QED) is 0.556. The molecule has 3 rings (SSSR count). The monoisotopic (exact) mass is 334 g/mol. The second-order valence-corrected chi connectivity index (χ2v) is 8.29. The lowest BCUT2D eigenvalue weighted by Gasteiger charge is -2.47. The van der Waals surface area contributed by atoms with Crippen LogP contribution in [0.3, 0.4) is 0 Å². The molecule has 0 amide bonds. The molecule has 0 N–H and O–H groups in total. The van der Waals surface area contributed by atoms with Gasteiger partial charge in [-0.25, -0.2) is 17.6 Å². The lowest BCUT2D eigenvalue weighted by molar-refractivity contribution is -0.0538. The standard InChI is InChI=1S/C19H30F4/c1-2-3-11-4-6-14-12(8-11)5-7-15(18(14)22)13-9-16(20)19(23)17(21)10-13/h11-19H,2-10H2,1H3. The number of alkyl halides is 4. The average Bonchev–Trinajstić information content (AvgIpc) is 2.53. The topological polar surface area (TPSA) is 0 Å². The molecule has 0 aliphatic heterocycles. The van der Waals surface area contributed by atoms with E-state index in [4.69, 9.17) is 0 Å². The van der Waals surface area contributed by atoms with Gasteiger partial charge in [0.05, 0.1) is 0 Å². The van der Waals surface area contributed by atoms with Crippen LogP contribution in [-0.2, 0) is 0 Å². The molecule has 0 aromatic carbocycles. The fraction of sp³-hybridized carbons (Fsp3) is 1.00. The van der Waals surface area contributed by atoms with Gasteiger partial charge >= 0.3 is 0 Å². The first-order valence-electron chi connectivity index (χ1n) is 9.57. The predicted octanol–water partition coefficient (Wildman–Crippen LogP) is 5.99. The van der Waals surface area contributed by atoms with Crippen molar-refractivity contribution in [3.8, 4) is 0 Å². The molecular formula is C19H30F4. The molecule has 23 heavy (non-hydrogen) atoms. The Morgan fingerprint density at radius 1 is 0.696 bits per heavy atom. The molecule has 0 radical (unpaired) electrons. The van der Waals surface area contributed by atoms with Crippen molar-refractivity contribution in [2.24, 2.45) is 29.6 Å². The Labute approximate surface area is 137 Å². The van der Waals surface area contributed by atoms with Gasteiger partial charge in [-0.2, -0.15) is 0 Å². The first-order chi connectivity index (χ1) is 11.0. The van der Waals surface area contributed by atoms with Crippen molar-refractivity contribution >= 4 is 0 Å². The van der Waals surface area contributed by atoms with Crippen molar-refractivity contribution in [3.63, 3.8) is 0 Å². The van der Waals surface area contributed by atoms with Crippen LogP contribution in [0.25, 0.3) is 0 Å². The molecule has 3 aliphatic carbocycles. The van der Waals surface area contributed by atoms with Crippen LogP contribution < -0.4 is 0 Å². The summed E-state index contributed by atoms with van der Waals surface area (Å²) in [6, 6.07) is 0. The Hall–Kier alpha value is -0.280. The van der Waals surface area contributed by atoms with E-state index in [0.717, 1.165) is 38.0 Å². The largest absolute Gasteiger partial charge is 0.247 e. The van der Waals surface area contributed by atoms with Crippen LogP contribution in [0.5, 0.6) is 0 Å². The molecule has 0 aromatic rings. The first-order valence-corrected chi connectivity index (χ1v) is 9.57. The van der Waals surface area contributed by atoms with E-state index in [-0.39, 0.29) is 30.6 Å². The highest BCUT2D eigenvalue weighted by atomic mass is 19.2. The van der Waals surface area contributed by atoms with Gasteiger partial charge < -0.3 is 0 Å². The van der Waals surface area contributed by atoms with Gasteiger partial charge in [-0.05, 0) is 68.1 Å². The highest BCUT2D eigenvalue weighted by molar-refractivity contribution is 4.97. The number of halogens is 4. The Morgan fingerprint density at radius 2 is 1.30 bits per heavy atom. The minimum absolute atomic E-state index is 0.00250. The van der Waals surface area contributed by atoms with Gasteiger partial charge in [0.25, 0.3) is 0 Å². The second-order valence-electron chi connectivity index (χ2n) is 8.29. The molecule has 4 heteroatoms. The molecule has 7 atom stereocenters. The van der Waals surface area contributed by atoms with Crippen LogP contribution in [0.4, 0.5) is 17.6 Å². The molecule has 0 heterocycles. The van der Waals surface area contributed by atoms with Crippen molar-refractivity contribution in [2.75, 3.05) is 0 Å². The van der Waals surface area contributed by atoms with Crippen LogP contribution in [0.15, 0.2) is 0 Å². The molecule has 0 saturated heterocycles. The fourth-order valence-electron chi connectivity index (χ4n) is 5.70. The van der Waals surface area contributed by atoms with E-state index in [2.05, 4.69) is 6.92 Å². The fourth-order valence-corrected chi connectivity index (χ4v) is 5.70. The zero-order chi connectivity index (χ0) is 16.6. The summed E-state index contributed by atoms with van der Waals surface area (Å²) >= 11 is 0. The Morgan fingerprint density at radius 3 is 1.96 bits per heavy atom. The van der Waals surface area contributed by atoms with Crippen LogP contribution in [0.1, 0.15) is 64.7 Å². The zero-order valence-electron chi connectivity index (χ0n) is 14.1. The smallest absolute Gasteiger partial charge is 0.162 e. The molecule has 0 nitrogen and oxygen atoms in total. The van der Waals surface area contributed by atoms with Gasteiger partial charge in [-0.1, -0.05) is 26.2 Å². The van der Waals surface area contributed by atoms with Crippen LogP contribution in [0, 0.1) is 29.6 Å². The highest BCUT2D eigenvalue weighted by Gasteiger charge is 2.48. The third-order valence-electron chi connectivity index (χ3n) is 6.89. The first kappa shape index (κ1) is 17.5. The average molecular weight is 334 g/mol. The lowest BCUT2D eigenvalue weighted by atomic mass is 9.60.